The highest BCUT2D eigenvalue weighted by Gasteiger charge is 2.26. The fraction of sp³-hybridized carbons (Fsp3) is 0.333. The number of nitrogens with one attached hydrogen (secondary N) is 1. The molecule has 0 aliphatic heterocycles. The van der Waals surface area contributed by atoms with Crippen LogP contribution in [0.2, 0.25) is 5.02 Å². The van der Waals surface area contributed by atoms with Gasteiger partial charge in [0.05, 0.1) is 12.2 Å². The number of halogens is 1. The van der Waals surface area contributed by atoms with Crippen molar-refractivity contribution < 1.29 is 17.9 Å². The summed E-state index contributed by atoms with van der Waals surface area (Å²) in [4.78, 5) is 16.1. The van der Waals surface area contributed by atoms with Crippen LogP contribution in [0.5, 0.6) is 5.75 Å². The Balaban J connectivity index is 2.09. The summed E-state index contributed by atoms with van der Waals surface area (Å²) in [6.07, 6.45) is 1.63. The number of ether oxygens (including phenoxy) is 1. The summed E-state index contributed by atoms with van der Waals surface area (Å²) in [6.45, 7) is 4.06. The monoisotopic (exact) mass is 411 g/mol. The number of sulfonamides is 1. The van der Waals surface area contributed by atoms with Crippen LogP contribution in [-0.2, 0) is 21.4 Å². The highest BCUT2D eigenvalue weighted by atomic mass is 35.5. The molecule has 0 saturated carbocycles. The van der Waals surface area contributed by atoms with Gasteiger partial charge in [0.25, 0.3) is 5.91 Å². The van der Waals surface area contributed by atoms with E-state index in [0.29, 0.717) is 18.8 Å². The molecular formula is C18H22ClN3O4S. The highest BCUT2D eigenvalue weighted by molar-refractivity contribution is 7.89. The zero-order valence-electron chi connectivity index (χ0n) is 15.2. The number of pyridine rings is 1. The third-order valence-corrected chi connectivity index (χ3v) is 6.09. The minimum absolute atomic E-state index is 0.0590. The second kappa shape index (κ2) is 9.68. The maximum absolute atomic E-state index is 12.8. The van der Waals surface area contributed by atoms with Gasteiger partial charge in [0.2, 0.25) is 10.0 Å². The van der Waals surface area contributed by atoms with Gasteiger partial charge in [0, 0.05) is 24.3 Å². The lowest BCUT2D eigenvalue weighted by Crippen LogP contribution is -2.32. The largest absolute Gasteiger partial charge is 0.482 e. The number of hydrogen-bond donors (Lipinski definition) is 1. The van der Waals surface area contributed by atoms with E-state index in [4.69, 9.17) is 16.3 Å². The van der Waals surface area contributed by atoms with E-state index in [2.05, 4.69) is 10.3 Å². The SMILES string of the molecule is CCN(CC)S(=O)(=O)c1cc(Cl)ccc1OCC(=O)NCc1ccccn1. The van der Waals surface area contributed by atoms with Crippen LogP contribution in [-0.4, -0.2) is 43.3 Å². The lowest BCUT2D eigenvalue weighted by molar-refractivity contribution is -0.123. The van der Waals surface area contributed by atoms with Gasteiger partial charge in [-0.2, -0.15) is 4.31 Å². The van der Waals surface area contributed by atoms with Gasteiger partial charge < -0.3 is 10.1 Å². The van der Waals surface area contributed by atoms with E-state index in [1.54, 1.807) is 32.2 Å². The van der Waals surface area contributed by atoms with Crippen LogP contribution in [0, 0.1) is 0 Å². The number of benzene rings is 1. The van der Waals surface area contributed by atoms with Crippen molar-refractivity contribution in [2.75, 3.05) is 19.7 Å². The molecule has 1 aromatic heterocycles. The van der Waals surface area contributed by atoms with Crippen LogP contribution in [0.3, 0.4) is 0 Å². The molecule has 2 aromatic rings. The Bertz CT molecular complexity index is 871. The van der Waals surface area contributed by atoms with Gasteiger partial charge in [-0.1, -0.05) is 31.5 Å². The van der Waals surface area contributed by atoms with Crippen molar-refractivity contribution >= 4 is 27.5 Å². The molecule has 0 atom stereocenters. The Hall–Kier alpha value is -2.16. The van der Waals surface area contributed by atoms with Crippen molar-refractivity contribution in [1.82, 2.24) is 14.6 Å². The smallest absolute Gasteiger partial charge is 0.258 e. The topological polar surface area (TPSA) is 88.6 Å². The molecule has 9 heteroatoms. The Labute approximate surface area is 164 Å². The molecule has 0 radical (unpaired) electrons. The first-order valence-corrected chi connectivity index (χ1v) is 10.3. The number of carbonyl (C=O) groups excluding carboxylic acids is 1. The molecule has 0 unspecified atom stereocenters. The van der Waals surface area contributed by atoms with E-state index in [9.17, 15) is 13.2 Å². The zero-order valence-corrected chi connectivity index (χ0v) is 16.8. The third-order valence-electron chi connectivity index (χ3n) is 3.78. The van der Waals surface area contributed by atoms with E-state index >= 15 is 0 Å². The van der Waals surface area contributed by atoms with Gasteiger partial charge in [-0.25, -0.2) is 8.42 Å². The van der Waals surface area contributed by atoms with E-state index in [1.807, 2.05) is 6.07 Å². The summed E-state index contributed by atoms with van der Waals surface area (Å²) < 4.78 is 32.4. The molecule has 2 rings (SSSR count). The summed E-state index contributed by atoms with van der Waals surface area (Å²) >= 11 is 5.97. The average molecular weight is 412 g/mol. The molecule has 27 heavy (non-hydrogen) atoms. The lowest BCUT2D eigenvalue weighted by atomic mass is 10.3. The van der Waals surface area contributed by atoms with E-state index < -0.39 is 10.0 Å². The molecule has 0 saturated heterocycles. The van der Waals surface area contributed by atoms with Crippen LogP contribution in [0.4, 0.5) is 0 Å². The summed E-state index contributed by atoms with van der Waals surface area (Å²) in [7, 11) is -3.78. The fourth-order valence-corrected chi connectivity index (χ4v) is 4.24. The second-order valence-electron chi connectivity index (χ2n) is 5.57. The van der Waals surface area contributed by atoms with Gasteiger partial charge in [0.1, 0.15) is 10.6 Å². The van der Waals surface area contributed by atoms with Crippen LogP contribution in [0.1, 0.15) is 19.5 Å². The number of hydrogen-bond acceptors (Lipinski definition) is 5. The van der Waals surface area contributed by atoms with Crippen LogP contribution in [0.25, 0.3) is 0 Å². The maximum Gasteiger partial charge on any atom is 0.258 e. The Morgan fingerprint density at radius 3 is 2.59 bits per heavy atom. The van der Waals surface area contributed by atoms with Gasteiger partial charge in [-0.3, -0.25) is 9.78 Å². The van der Waals surface area contributed by atoms with Crippen LogP contribution in [0.15, 0.2) is 47.5 Å². The van der Waals surface area contributed by atoms with E-state index in [0.717, 1.165) is 0 Å². The normalized spacial score (nSPS) is 11.4. The van der Waals surface area contributed by atoms with Gasteiger partial charge in [-0.15, -0.1) is 0 Å². The first-order chi connectivity index (χ1) is 12.9. The quantitative estimate of drug-likeness (QED) is 0.684. The summed E-state index contributed by atoms with van der Waals surface area (Å²) in [5, 5.41) is 2.94. The summed E-state index contributed by atoms with van der Waals surface area (Å²) in [6, 6.07) is 9.69. The number of amides is 1. The average Bonchev–Trinajstić information content (AvgIpc) is 2.67. The molecular weight excluding hydrogens is 390 g/mol. The molecule has 1 heterocycles. The van der Waals surface area contributed by atoms with Gasteiger partial charge in [0.15, 0.2) is 6.61 Å². The molecule has 1 amide bonds. The molecule has 1 aromatic carbocycles. The van der Waals surface area contributed by atoms with Gasteiger partial charge in [-0.05, 0) is 30.3 Å². The lowest BCUT2D eigenvalue weighted by Gasteiger charge is -2.20. The number of aromatic nitrogens is 1. The van der Waals surface area contributed by atoms with Crippen molar-refractivity contribution in [3.63, 3.8) is 0 Å². The first kappa shape index (κ1) is 21.1. The van der Waals surface area contributed by atoms with Crippen molar-refractivity contribution in [1.29, 1.82) is 0 Å². The molecule has 0 spiro atoms. The summed E-state index contributed by atoms with van der Waals surface area (Å²) in [5.41, 5.74) is 0.710. The molecule has 1 N–H and O–H groups in total. The zero-order chi connectivity index (χ0) is 19.9. The minimum Gasteiger partial charge on any atom is -0.482 e. The van der Waals surface area contributed by atoms with Gasteiger partial charge >= 0.3 is 0 Å². The van der Waals surface area contributed by atoms with Crippen LogP contribution < -0.4 is 10.1 Å². The van der Waals surface area contributed by atoms with Crippen molar-refractivity contribution in [2.24, 2.45) is 0 Å². The number of carbonyl (C=O) groups is 1. The van der Waals surface area contributed by atoms with E-state index in [-0.39, 0.29) is 34.7 Å². The van der Waals surface area contributed by atoms with Crippen molar-refractivity contribution in [3.8, 4) is 5.75 Å². The van der Waals surface area contributed by atoms with Crippen LogP contribution >= 0.6 is 11.6 Å². The predicted molar refractivity (Wildman–Crippen MR) is 103 cm³/mol. The maximum atomic E-state index is 12.8. The predicted octanol–water partition coefficient (Wildman–Crippen LogP) is 2.46. The Morgan fingerprint density at radius 2 is 1.96 bits per heavy atom. The number of rotatable bonds is 9. The molecule has 7 nitrogen and oxygen atoms in total. The molecule has 146 valence electrons. The van der Waals surface area contributed by atoms with E-state index in [1.165, 1.54) is 22.5 Å². The second-order valence-corrected chi connectivity index (χ2v) is 7.91. The Morgan fingerprint density at radius 1 is 1.22 bits per heavy atom. The van der Waals surface area contributed by atoms with Crippen molar-refractivity contribution in [3.05, 3.63) is 53.3 Å². The third kappa shape index (κ3) is 5.66. The molecule has 0 aliphatic rings. The minimum atomic E-state index is -3.78. The molecule has 0 aliphatic carbocycles. The van der Waals surface area contributed by atoms with Crippen molar-refractivity contribution in [2.45, 2.75) is 25.3 Å². The highest BCUT2D eigenvalue weighted by Crippen LogP contribution is 2.29. The first-order valence-electron chi connectivity index (χ1n) is 8.47. The Kier molecular flexibility index (Phi) is 7.58. The molecule has 0 bridgehead atoms. The molecule has 0 fully saturated rings. The standard InChI is InChI=1S/C18H22ClN3O4S/c1-3-22(4-2)27(24,25)17-11-14(19)8-9-16(17)26-13-18(23)21-12-15-7-5-6-10-20-15/h5-11H,3-4,12-13H2,1-2H3,(H,21,23). The number of nitrogens with zero attached hydrogens (tertiary/aromatic N) is 2. The fourth-order valence-electron chi connectivity index (χ4n) is 2.39. The summed E-state index contributed by atoms with van der Waals surface area (Å²) in [5.74, 6) is -0.305.